The van der Waals surface area contributed by atoms with Gasteiger partial charge in [0.25, 0.3) is 0 Å². The summed E-state index contributed by atoms with van der Waals surface area (Å²) in [6, 6.07) is 3.44. The third kappa shape index (κ3) is 7.42. The van der Waals surface area contributed by atoms with Crippen molar-refractivity contribution < 1.29 is 13.5 Å². The summed E-state index contributed by atoms with van der Waals surface area (Å²) in [6.45, 7) is 4.30. The Morgan fingerprint density at radius 3 is 1.81 bits per heavy atom. The molecule has 0 bridgehead atoms. The first-order valence-electron chi connectivity index (χ1n) is 15.3. The highest BCUT2D eigenvalue weighted by Gasteiger charge is 2.34. The molecule has 1 nitrogen and oxygen atoms in total. The van der Waals surface area contributed by atoms with Gasteiger partial charge in [-0.2, -0.15) is 0 Å². The molecule has 202 valence electrons. The monoisotopic (exact) mass is 500 g/mol. The van der Waals surface area contributed by atoms with Crippen LogP contribution in [0.1, 0.15) is 121 Å². The SMILES string of the molecule is C/C=C/CCC1CCC(C2CCC(C3CCC(OCc4ccc(CCC)c(F)c4F)CC3)CC2)CC1. The molecule has 3 fully saturated rings. The number of hydrogen-bond donors (Lipinski definition) is 0. The van der Waals surface area contributed by atoms with Gasteiger partial charge >= 0.3 is 0 Å². The first-order valence-corrected chi connectivity index (χ1v) is 15.3. The molecule has 3 aliphatic rings. The summed E-state index contributed by atoms with van der Waals surface area (Å²) in [5.41, 5.74) is 0.835. The van der Waals surface area contributed by atoms with E-state index in [1.54, 1.807) is 12.1 Å². The maximum Gasteiger partial charge on any atom is 0.164 e. The zero-order valence-corrected chi connectivity index (χ0v) is 23.0. The van der Waals surface area contributed by atoms with E-state index in [2.05, 4.69) is 19.1 Å². The summed E-state index contributed by atoms with van der Waals surface area (Å²) in [5, 5.41) is 0. The smallest absolute Gasteiger partial charge is 0.164 e. The van der Waals surface area contributed by atoms with Gasteiger partial charge in [-0.3, -0.25) is 0 Å². The van der Waals surface area contributed by atoms with Gasteiger partial charge in [-0.25, -0.2) is 8.78 Å². The molecule has 0 radical (unpaired) electrons. The fraction of sp³-hybridized carbons (Fsp3) is 0.758. The van der Waals surface area contributed by atoms with Crippen molar-refractivity contribution in [3.05, 3.63) is 47.0 Å². The van der Waals surface area contributed by atoms with Gasteiger partial charge in [0, 0.05) is 5.56 Å². The maximum atomic E-state index is 14.4. The summed E-state index contributed by atoms with van der Waals surface area (Å²) in [5.74, 6) is 3.30. The molecule has 0 spiro atoms. The highest BCUT2D eigenvalue weighted by atomic mass is 19.2. The van der Waals surface area contributed by atoms with Gasteiger partial charge in [0.2, 0.25) is 0 Å². The molecule has 3 aliphatic carbocycles. The van der Waals surface area contributed by atoms with Crippen LogP contribution in [0.15, 0.2) is 24.3 Å². The summed E-state index contributed by atoms with van der Waals surface area (Å²) < 4.78 is 34.8. The second kappa shape index (κ2) is 14.1. The van der Waals surface area contributed by atoms with E-state index in [4.69, 9.17) is 4.74 Å². The van der Waals surface area contributed by atoms with Crippen molar-refractivity contribution >= 4 is 0 Å². The molecular formula is C33H50F2O. The Morgan fingerprint density at radius 2 is 1.25 bits per heavy atom. The molecule has 3 heteroatoms. The zero-order valence-electron chi connectivity index (χ0n) is 23.0. The van der Waals surface area contributed by atoms with Gasteiger partial charge in [-0.15, -0.1) is 0 Å². The van der Waals surface area contributed by atoms with Gasteiger partial charge < -0.3 is 4.74 Å². The van der Waals surface area contributed by atoms with Crippen molar-refractivity contribution in [2.45, 2.75) is 129 Å². The van der Waals surface area contributed by atoms with Crippen LogP contribution >= 0.6 is 0 Å². The van der Waals surface area contributed by atoms with Crippen LogP contribution in [0, 0.1) is 41.2 Å². The Hall–Kier alpha value is -1.22. The van der Waals surface area contributed by atoms with Gasteiger partial charge in [0.05, 0.1) is 12.7 Å². The number of allylic oxidation sites excluding steroid dienone is 2. The van der Waals surface area contributed by atoms with Gasteiger partial charge in [0.15, 0.2) is 11.6 Å². The van der Waals surface area contributed by atoms with E-state index in [0.29, 0.717) is 17.5 Å². The summed E-state index contributed by atoms with van der Waals surface area (Å²) in [7, 11) is 0. The highest BCUT2D eigenvalue weighted by molar-refractivity contribution is 5.26. The molecule has 1 aromatic rings. The molecule has 4 rings (SSSR count). The molecule has 0 atom stereocenters. The van der Waals surface area contributed by atoms with Crippen molar-refractivity contribution in [3.8, 4) is 0 Å². The maximum absolute atomic E-state index is 14.4. The number of ether oxygens (including phenoxy) is 1. The number of halogens is 2. The Balaban J connectivity index is 1.14. The molecule has 0 unspecified atom stereocenters. The minimum Gasteiger partial charge on any atom is -0.373 e. The molecule has 3 saturated carbocycles. The summed E-state index contributed by atoms with van der Waals surface area (Å²) >= 11 is 0. The first-order chi connectivity index (χ1) is 17.6. The van der Waals surface area contributed by atoms with Crippen LogP contribution in [0.25, 0.3) is 0 Å². The minimum atomic E-state index is -0.714. The summed E-state index contributed by atoms with van der Waals surface area (Å²) in [4.78, 5) is 0. The van der Waals surface area contributed by atoms with Crippen molar-refractivity contribution in [1.82, 2.24) is 0 Å². The predicted molar refractivity (Wildman–Crippen MR) is 146 cm³/mol. The molecule has 0 heterocycles. The molecular weight excluding hydrogens is 450 g/mol. The predicted octanol–water partition coefficient (Wildman–Crippen LogP) is 9.96. The molecule has 0 saturated heterocycles. The van der Waals surface area contributed by atoms with Gasteiger partial charge in [0.1, 0.15) is 0 Å². The van der Waals surface area contributed by atoms with E-state index < -0.39 is 11.6 Å². The van der Waals surface area contributed by atoms with Crippen molar-refractivity contribution in [2.24, 2.45) is 29.6 Å². The van der Waals surface area contributed by atoms with Crippen molar-refractivity contribution in [3.63, 3.8) is 0 Å². The molecule has 0 N–H and O–H groups in total. The fourth-order valence-corrected chi connectivity index (χ4v) is 7.67. The second-order valence-electron chi connectivity index (χ2n) is 12.2. The van der Waals surface area contributed by atoms with Crippen LogP contribution in [0.5, 0.6) is 0 Å². The fourth-order valence-electron chi connectivity index (χ4n) is 7.67. The Morgan fingerprint density at radius 1 is 0.750 bits per heavy atom. The quantitative estimate of drug-likeness (QED) is 0.290. The van der Waals surface area contributed by atoms with E-state index in [0.717, 1.165) is 48.9 Å². The number of hydrogen-bond acceptors (Lipinski definition) is 1. The van der Waals surface area contributed by atoms with Gasteiger partial charge in [-0.1, -0.05) is 50.5 Å². The van der Waals surface area contributed by atoms with Crippen LogP contribution in [-0.2, 0) is 17.8 Å². The topological polar surface area (TPSA) is 9.23 Å². The van der Waals surface area contributed by atoms with Crippen LogP contribution in [-0.4, -0.2) is 6.10 Å². The summed E-state index contributed by atoms with van der Waals surface area (Å²) in [6.07, 6.45) is 25.0. The lowest BCUT2D eigenvalue weighted by Gasteiger charge is -2.41. The van der Waals surface area contributed by atoms with Crippen molar-refractivity contribution in [1.29, 1.82) is 0 Å². The lowest BCUT2D eigenvalue weighted by Crippen LogP contribution is -2.31. The average molecular weight is 501 g/mol. The van der Waals surface area contributed by atoms with Crippen LogP contribution in [0.4, 0.5) is 8.78 Å². The Labute approximate surface area is 219 Å². The van der Waals surface area contributed by atoms with Gasteiger partial charge in [-0.05, 0) is 126 Å². The lowest BCUT2D eigenvalue weighted by atomic mass is 9.65. The molecule has 0 aromatic heterocycles. The highest BCUT2D eigenvalue weighted by Crippen LogP contribution is 2.46. The van der Waals surface area contributed by atoms with Crippen LogP contribution in [0.3, 0.4) is 0 Å². The van der Waals surface area contributed by atoms with E-state index in [-0.39, 0.29) is 12.7 Å². The number of aryl methyl sites for hydroxylation is 1. The van der Waals surface area contributed by atoms with Crippen LogP contribution in [0.2, 0.25) is 0 Å². The standard InChI is InChI=1S/C33H50F2O/c1-3-5-6-8-24-9-11-25(12-10-24)26-13-15-27(16-14-26)28-19-21-31(22-20-28)36-23-30-18-17-29(7-4-2)32(34)33(30)35/h3,5,17-18,24-28,31H,4,6-16,19-23H2,1-2H3/b5-3+. The number of rotatable bonds is 10. The third-order valence-electron chi connectivity index (χ3n) is 9.97. The largest absolute Gasteiger partial charge is 0.373 e. The van der Waals surface area contributed by atoms with E-state index in [9.17, 15) is 8.78 Å². The number of benzene rings is 1. The lowest BCUT2D eigenvalue weighted by molar-refractivity contribution is -0.00524. The Bertz CT molecular complexity index is 809. The van der Waals surface area contributed by atoms with E-state index in [1.807, 2.05) is 6.92 Å². The second-order valence-corrected chi connectivity index (χ2v) is 12.2. The van der Waals surface area contributed by atoms with Crippen molar-refractivity contribution in [2.75, 3.05) is 0 Å². The van der Waals surface area contributed by atoms with E-state index >= 15 is 0 Å². The van der Waals surface area contributed by atoms with Crippen LogP contribution < -0.4 is 0 Å². The van der Waals surface area contributed by atoms with E-state index in [1.165, 1.54) is 77.0 Å². The molecule has 1 aromatic carbocycles. The average Bonchev–Trinajstić information content (AvgIpc) is 2.92. The first kappa shape index (κ1) is 27.8. The zero-order chi connectivity index (χ0) is 25.3. The minimum absolute atomic E-state index is 0.188. The Kier molecular flexibility index (Phi) is 10.9. The third-order valence-corrected chi connectivity index (χ3v) is 9.97. The molecule has 0 amide bonds. The molecule has 36 heavy (non-hydrogen) atoms. The molecule has 0 aliphatic heterocycles. The normalized spacial score (nSPS) is 31.7.